The predicted octanol–water partition coefficient (Wildman–Crippen LogP) is 3.80. The number of aromatic nitrogens is 2. The number of carboxylic acids is 1. The summed E-state index contributed by atoms with van der Waals surface area (Å²) in [6.45, 7) is 3.74. The first-order valence-electron chi connectivity index (χ1n) is 9.30. The number of methoxy groups -OCH3 is 2. The lowest BCUT2D eigenvalue weighted by Crippen LogP contribution is -2.15. The Morgan fingerprint density at radius 2 is 1.58 bits per heavy atom. The lowest BCUT2D eigenvalue weighted by atomic mass is 10.1. The molecule has 0 aliphatic carbocycles. The average Bonchev–Trinajstić information content (AvgIpc) is 2.72. The Morgan fingerprint density at radius 3 is 2.19 bits per heavy atom. The molecule has 0 saturated heterocycles. The number of nitrogens with zero attached hydrogens (tertiary/aromatic N) is 2. The fourth-order valence-corrected chi connectivity index (χ4v) is 3.00. The van der Waals surface area contributed by atoms with Crippen LogP contribution in [-0.4, -0.2) is 41.2 Å². The van der Waals surface area contributed by atoms with Crippen molar-refractivity contribution in [1.82, 2.24) is 9.97 Å². The molecule has 9 heteroatoms. The van der Waals surface area contributed by atoms with E-state index in [0.717, 1.165) is 11.4 Å². The average molecular weight is 422 g/mol. The third-order valence-electron chi connectivity index (χ3n) is 4.37. The second kappa shape index (κ2) is 9.12. The smallest absolute Gasteiger partial charge is 0.337 e. The number of nitrogens with one attached hydrogen (secondary N) is 2. The summed E-state index contributed by atoms with van der Waals surface area (Å²) >= 11 is 0. The maximum absolute atomic E-state index is 12.8. The van der Waals surface area contributed by atoms with Crippen LogP contribution >= 0.6 is 0 Å². The quantitative estimate of drug-likeness (QED) is 0.525. The third-order valence-corrected chi connectivity index (χ3v) is 4.37. The highest BCUT2D eigenvalue weighted by Crippen LogP contribution is 2.33. The summed E-state index contributed by atoms with van der Waals surface area (Å²) in [5.41, 5.74) is 2.54. The van der Waals surface area contributed by atoms with Gasteiger partial charge in [0.15, 0.2) is 11.5 Å². The molecule has 31 heavy (non-hydrogen) atoms. The summed E-state index contributed by atoms with van der Waals surface area (Å²) in [4.78, 5) is 33.1. The SMILES string of the molecule is COc1cc(NC(=O)c2cccc(Nc3nc(C)cc(C)n3)c2)c(C(=O)O)cc1OC. The molecule has 9 nitrogen and oxygen atoms in total. The Hall–Kier alpha value is -4.14. The Kier molecular flexibility index (Phi) is 6.35. The number of rotatable bonds is 7. The normalized spacial score (nSPS) is 10.3. The van der Waals surface area contributed by atoms with Gasteiger partial charge in [-0.1, -0.05) is 6.07 Å². The zero-order valence-corrected chi connectivity index (χ0v) is 17.5. The number of ether oxygens (including phenoxy) is 2. The molecule has 0 unspecified atom stereocenters. The zero-order chi connectivity index (χ0) is 22.5. The number of amides is 1. The Bertz CT molecular complexity index is 1130. The van der Waals surface area contributed by atoms with Crippen molar-refractivity contribution in [3.05, 3.63) is 65.0 Å². The van der Waals surface area contributed by atoms with Gasteiger partial charge < -0.3 is 25.2 Å². The number of aryl methyl sites for hydroxylation is 2. The van der Waals surface area contributed by atoms with Crippen LogP contribution < -0.4 is 20.1 Å². The first-order valence-corrected chi connectivity index (χ1v) is 9.30. The van der Waals surface area contributed by atoms with Gasteiger partial charge in [-0.2, -0.15) is 0 Å². The summed E-state index contributed by atoms with van der Waals surface area (Å²) in [5, 5.41) is 15.2. The van der Waals surface area contributed by atoms with E-state index >= 15 is 0 Å². The van der Waals surface area contributed by atoms with Crippen LogP contribution in [0.5, 0.6) is 11.5 Å². The highest BCUT2D eigenvalue weighted by atomic mass is 16.5. The third kappa shape index (κ3) is 5.08. The minimum absolute atomic E-state index is 0.0890. The van der Waals surface area contributed by atoms with Gasteiger partial charge in [0.05, 0.1) is 25.5 Å². The zero-order valence-electron chi connectivity index (χ0n) is 17.5. The van der Waals surface area contributed by atoms with E-state index in [9.17, 15) is 14.7 Å². The van der Waals surface area contributed by atoms with Crippen LogP contribution in [0.1, 0.15) is 32.1 Å². The molecule has 3 aromatic rings. The van der Waals surface area contributed by atoms with Gasteiger partial charge in [0.25, 0.3) is 5.91 Å². The number of anilines is 3. The molecule has 3 rings (SSSR count). The fraction of sp³-hybridized carbons (Fsp3) is 0.182. The molecule has 160 valence electrons. The molecule has 0 radical (unpaired) electrons. The van der Waals surface area contributed by atoms with Gasteiger partial charge in [0.1, 0.15) is 0 Å². The van der Waals surface area contributed by atoms with Crippen LogP contribution in [-0.2, 0) is 0 Å². The number of carboxylic acid groups (broad SMARTS) is 1. The Balaban J connectivity index is 1.87. The summed E-state index contributed by atoms with van der Waals surface area (Å²) in [6.07, 6.45) is 0. The number of hydrogen-bond donors (Lipinski definition) is 3. The van der Waals surface area contributed by atoms with Crippen LogP contribution in [0.15, 0.2) is 42.5 Å². The first-order chi connectivity index (χ1) is 14.8. The summed E-state index contributed by atoms with van der Waals surface area (Å²) < 4.78 is 10.4. The van der Waals surface area contributed by atoms with E-state index in [2.05, 4.69) is 20.6 Å². The van der Waals surface area contributed by atoms with Gasteiger partial charge in [-0.3, -0.25) is 4.79 Å². The van der Waals surface area contributed by atoms with E-state index in [1.807, 2.05) is 19.9 Å². The molecule has 1 heterocycles. The van der Waals surface area contributed by atoms with Crippen molar-refractivity contribution in [3.63, 3.8) is 0 Å². The van der Waals surface area contributed by atoms with Crippen molar-refractivity contribution < 1.29 is 24.2 Å². The lowest BCUT2D eigenvalue weighted by Gasteiger charge is -2.14. The summed E-state index contributed by atoms with van der Waals surface area (Å²) in [7, 11) is 2.83. The monoisotopic (exact) mass is 422 g/mol. The van der Waals surface area contributed by atoms with Crippen molar-refractivity contribution in [2.75, 3.05) is 24.9 Å². The number of carbonyl (C=O) groups is 2. The van der Waals surface area contributed by atoms with E-state index in [4.69, 9.17) is 9.47 Å². The maximum Gasteiger partial charge on any atom is 0.337 e. The predicted molar refractivity (Wildman–Crippen MR) is 116 cm³/mol. The Morgan fingerprint density at radius 1 is 0.935 bits per heavy atom. The van der Waals surface area contributed by atoms with Gasteiger partial charge in [0.2, 0.25) is 5.95 Å². The van der Waals surface area contributed by atoms with Crippen molar-refractivity contribution in [2.24, 2.45) is 0 Å². The molecule has 0 aliphatic heterocycles. The van der Waals surface area contributed by atoms with E-state index < -0.39 is 11.9 Å². The van der Waals surface area contributed by atoms with Crippen molar-refractivity contribution in [2.45, 2.75) is 13.8 Å². The van der Waals surface area contributed by atoms with E-state index in [-0.39, 0.29) is 17.0 Å². The molecule has 1 aromatic heterocycles. The number of aromatic carboxylic acids is 1. The lowest BCUT2D eigenvalue weighted by molar-refractivity contribution is 0.0697. The van der Waals surface area contributed by atoms with Gasteiger partial charge in [-0.05, 0) is 38.1 Å². The summed E-state index contributed by atoms with van der Waals surface area (Å²) in [5.74, 6) is -0.732. The largest absolute Gasteiger partial charge is 0.493 e. The van der Waals surface area contributed by atoms with Crippen LogP contribution in [0.3, 0.4) is 0 Å². The van der Waals surface area contributed by atoms with Gasteiger partial charge in [0, 0.05) is 34.8 Å². The van der Waals surface area contributed by atoms with Crippen molar-refractivity contribution >= 4 is 29.2 Å². The molecule has 0 saturated carbocycles. The molecule has 3 N–H and O–H groups in total. The highest BCUT2D eigenvalue weighted by molar-refractivity contribution is 6.08. The highest BCUT2D eigenvalue weighted by Gasteiger charge is 2.19. The molecule has 0 aliphatic rings. The molecule has 0 bridgehead atoms. The number of carbonyl (C=O) groups excluding carboxylic acids is 1. The minimum Gasteiger partial charge on any atom is -0.493 e. The van der Waals surface area contributed by atoms with Crippen LogP contribution in [0.25, 0.3) is 0 Å². The van der Waals surface area contributed by atoms with Crippen molar-refractivity contribution in [1.29, 1.82) is 0 Å². The molecule has 1 amide bonds. The van der Waals surface area contributed by atoms with Gasteiger partial charge in [-0.15, -0.1) is 0 Å². The molecular weight excluding hydrogens is 400 g/mol. The van der Waals surface area contributed by atoms with Crippen LogP contribution in [0.4, 0.5) is 17.3 Å². The number of benzene rings is 2. The molecule has 0 atom stereocenters. The number of hydrogen-bond acceptors (Lipinski definition) is 7. The minimum atomic E-state index is -1.21. The second-order valence-electron chi connectivity index (χ2n) is 6.69. The topological polar surface area (TPSA) is 123 Å². The molecule has 0 fully saturated rings. The second-order valence-corrected chi connectivity index (χ2v) is 6.69. The van der Waals surface area contributed by atoms with E-state index in [0.29, 0.717) is 22.9 Å². The Labute approximate surface area is 179 Å². The first kappa shape index (κ1) is 21.6. The molecule has 0 spiro atoms. The van der Waals surface area contributed by atoms with E-state index in [1.165, 1.54) is 26.4 Å². The van der Waals surface area contributed by atoms with Crippen molar-refractivity contribution in [3.8, 4) is 11.5 Å². The fourth-order valence-electron chi connectivity index (χ4n) is 3.00. The van der Waals surface area contributed by atoms with E-state index in [1.54, 1.807) is 24.3 Å². The maximum atomic E-state index is 12.8. The standard InChI is InChI=1S/C22H22N4O5/c1-12-8-13(2)24-22(23-12)25-15-7-5-6-14(9-15)20(27)26-17-11-19(31-4)18(30-3)10-16(17)21(28)29/h5-11H,1-4H3,(H,26,27)(H,28,29)(H,23,24,25). The van der Waals surface area contributed by atoms with Gasteiger partial charge >= 0.3 is 5.97 Å². The molecule has 2 aromatic carbocycles. The molecular formula is C22H22N4O5. The van der Waals surface area contributed by atoms with Crippen LogP contribution in [0, 0.1) is 13.8 Å². The van der Waals surface area contributed by atoms with Crippen LogP contribution in [0.2, 0.25) is 0 Å². The summed E-state index contributed by atoms with van der Waals surface area (Å²) in [6, 6.07) is 11.3. The van der Waals surface area contributed by atoms with Gasteiger partial charge in [-0.25, -0.2) is 14.8 Å².